The van der Waals surface area contributed by atoms with E-state index in [1.165, 1.54) is 103 Å². The molecule has 4 heteroatoms. The number of carboxylic acid groups (broad SMARTS) is 1. The van der Waals surface area contributed by atoms with Gasteiger partial charge in [-0.05, 0) is 13.3 Å². The van der Waals surface area contributed by atoms with Crippen LogP contribution in [0.1, 0.15) is 117 Å². The van der Waals surface area contributed by atoms with E-state index in [1.54, 1.807) is 0 Å². The highest BCUT2D eigenvalue weighted by atomic mass is 16.4. The Kier molecular flexibility index (Phi) is 24.9. The van der Waals surface area contributed by atoms with Crippen LogP contribution in [-0.4, -0.2) is 34.0 Å². The predicted octanol–water partition coefficient (Wildman–Crippen LogP) is 5.69. The maximum atomic E-state index is 9.45. The first-order chi connectivity index (χ1) is 12.1. The fourth-order valence-corrected chi connectivity index (χ4v) is 2.66. The van der Waals surface area contributed by atoms with Gasteiger partial charge in [0.25, 0.3) is 0 Å². The molecule has 0 bridgehead atoms. The standard InChI is InChI=1S/C18H38O.C3H6O3/c1-2-3-4-5-6-7-8-9-10-11-12-13-14-15-16-17-18-19;1-2(4)3(5)6/h19H,2-18H2,1H3;2,4H,1H3,(H,5,6). The van der Waals surface area contributed by atoms with Gasteiger partial charge in [-0.3, -0.25) is 0 Å². The van der Waals surface area contributed by atoms with Crippen LogP contribution in [0.4, 0.5) is 0 Å². The number of aliphatic hydroxyl groups is 2. The summed E-state index contributed by atoms with van der Waals surface area (Å²) in [7, 11) is 0. The lowest BCUT2D eigenvalue weighted by atomic mass is 10.0. The predicted molar refractivity (Wildman–Crippen MR) is 106 cm³/mol. The van der Waals surface area contributed by atoms with Crippen molar-refractivity contribution in [3.8, 4) is 0 Å². The molecule has 0 radical (unpaired) electrons. The Balaban J connectivity index is 0. The second kappa shape index (κ2) is 23.4. The van der Waals surface area contributed by atoms with Crippen molar-refractivity contribution in [1.82, 2.24) is 0 Å². The molecule has 0 aromatic heterocycles. The fraction of sp³-hybridized carbons (Fsp3) is 0.952. The molecule has 0 aliphatic heterocycles. The van der Waals surface area contributed by atoms with Crippen molar-refractivity contribution in [2.75, 3.05) is 6.61 Å². The minimum absolute atomic E-state index is 0.373. The normalized spacial score (nSPS) is 11.7. The second-order valence-electron chi connectivity index (χ2n) is 7.04. The largest absolute Gasteiger partial charge is 0.479 e. The Hall–Kier alpha value is -0.610. The molecule has 4 nitrogen and oxygen atoms in total. The van der Waals surface area contributed by atoms with Gasteiger partial charge < -0.3 is 15.3 Å². The molecule has 3 N–H and O–H groups in total. The van der Waals surface area contributed by atoms with Crippen LogP contribution in [0.3, 0.4) is 0 Å². The summed E-state index contributed by atoms with van der Waals surface area (Å²) in [5.41, 5.74) is 0. The van der Waals surface area contributed by atoms with Crippen LogP contribution in [-0.2, 0) is 4.79 Å². The molecule has 0 fully saturated rings. The van der Waals surface area contributed by atoms with Crippen LogP contribution >= 0.6 is 0 Å². The lowest BCUT2D eigenvalue weighted by molar-refractivity contribution is -0.145. The van der Waals surface area contributed by atoms with E-state index in [1.807, 2.05) is 0 Å². The summed E-state index contributed by atoms with van der Waals surface area (Å²) in [6.45, 7) is 3.85. The molecule has 25 heavy (non-hydrogen) atoms. The number of hydrogen-bond acceptors (Lipinski definition) is 3. The summed E-state index contributed by atoms with van der Waals surface area (Å²) >= 11 is 0. The van der Waals surface area contributed by atoms with Gasteiger partial charge in [-0.1, -0.05) is 103 Å². The van der Waals surface area contributed by atoms with Gasteiger partial charge in [-0.25, -0.2) is 4.79 Å². The monoisotopic (exact) mass is 360 g/mol. The third kappa shape index (κ3) is 28.5. The van der Waals surface area contributed by atoms with Crippen LogP contribution in [0.2, 0.25) is 0 Å². The van der Waals surface area contributed by atoms with Crippen molar-refractivity contribution in [3.63, 3.8) is 0 Å². The topological polar surface area (TPSA) is 77.8 Å². The molecule has 1 unspecified atom stereocenters. The number of hydrogen-bond donors (Lipinski definition) is 3. The minimum atomic E-state index is -1.23. The van der Waals surface area contributed by atoms with Crippen molar-refractivity contribution < 1.29 is 20.1 Å². The zero-order valence-electron chi connectivity index (χ0n) is 16.8. The number of rotatable bonds is 17. The number of unbranched alkanes of at least 4 members (excludes halogenated alkanes) is 15. The zero-order chi connectivity index (χ0) is 19.2. The quantitative estimate of drug-likeness (QED) is 0.291. The van der Waals surface area contributed by atoms with E-state index < -0.39 is 12.1 Å². The van der Waals surface area contributed by atoms with Gasteiger partial charge in [-0.2, -0.15) is 0 Å². The molecule has 0 saturated heterocycles. The molecule has 0 aromatic rings. The number of aliphatic carboxylic acids is 1. The maximum Gasteiger partial charge on any atom is 0.332 e. The van der Waals surface area contributed by atoms with Gasteiger partial charge in [0.2, 0.25) is 0 Å². The molecule has 0 aliphatic carbocycles. The van der Waals surface area contributed by atoms with E-state index >= 15 is 0 Å². The van der Waals surface area contributed by atoms with Crippen LogP contribution in [0, 0.1) is 0 Å². The highest BCUT2D eigenvalue weighted by Crippen LogP contribution is 2.13. The first-order valence-corrected chi connectivity index (χ1v) is 10.6. The van der Waals surface area contributed by atoms with E-state index in [9.17, 15) is 4.79 Å². The molecule has 0 saturated carbocycles. The van der Waals surface area contributed by atoms with Crippen LogP contribution in [0.15, 0.2) is 0 Å². The summed E-state index contributed by atoms with van der Waals surface area (Å²) in [6, 6.07) is 0. The molecule has 0 amide bonds. The molecule has 1 atom stereocenters. The molecule has 0 aliphatic rings. The van der Waals surface area contributed by atoms with Crippen molar-refractivity contribution in [1.29, 1.82) is 0 Å². The van der Waals surface area contributed by atoms with Crippen molar-refractivity contribution in [3.05, 3.63) is 0 Å². The Morgan fingerprint density at radius 1 is 0.680 bits per heavy atom. The average Bonchev–Trinajstić information content (AvgIpc) is 2.59. The Bertz CT molecular complexity index is 238. The van der Waals surface area contributed by atoms with E-state index in [-0.39, 0.29) is 0 Å². The number of carboxylic acids is 1. The summed E-state index contributed by atoms with van der Waals surface area (Å²) in [5.74, 6) is -1.19. The van der Waals surface area contributed by atoms with Gasteiger partial charge in [0, 0.05) is 6.61 Å². The molecule has 0 rings (SSSR count). The molecule has 0 heterocycles. The van der Waals surface area contributed by atoms with E-state index in [0.717, 1.165) is 6.42 Å². The lowest BCUT2D eigenvalue weighted by Gasteiger charge is -2.03. The second-order valence-corrected chi connectivity index (χ2v) is 7.04. The Labute approximate surface area is 156 Å². The van der Waals surface area contributed by atoms with Gasteiger partial charge in [0.05, 0.1) is 0 Å². The molecule has 152 valence electrons. The third-order valence-electron chi connectivity index (χ3n) is 4.37. The first-order valence-electron chi connectivity index (χ1n) is 10.6. The van der Waals surface area contributed by atoms with E-state index in [0.29, 0.717) is 6.61 Å². The number of aliphatic hydroxyl groups excluding tert-OH is 2. The van der Waals surface area contributed by atoms with Crippen molar-refractivity contribution >= 4 is 5.97 Å². The SMILES string of the molecule is CC(O)C(=O)O.CCCCCCCCCCCCCCCCCCO. The molecule has 0 spiro atoms. The first kappa shape index (κ1) is 26.6. The van der Waals surface area contributed by atoms with Gasteiger partial charge in [0.1, 0.15) is 6.10 Å². The van der Waals surface area contributed by atoms with Gasteiger partial charge >= 0.3 is 5.97 Å². The van der Waals surface area contributed by atoms with Crippen molar-refractivity contribution in [2.45, 2.75) is 123 Å². The molecular formula is C21H44O4. The summed E-state index contributed by atoms with van der Waals surface area (Å²) < 4.78 is 0. The minimum Gasteiger partial charge on any atom is -0.479 e. The van der Waals surface area contributed by atoms with Crippen molar-refractivity contribution in [2.24, 2.45) is 0 Å². The highest BCUT2D eigenvalue weighted by molar-refractivity contribution is 5.71. The third-order valence-corrected chi connectivity index (χ3v) is 4.37. The van der Waals surface area contributed by atoms with E-state index in [4.69, 9.17) is 15.3 Å². The summed E-state index contributed by atoms with van der Waals surface area (Å²) in [5, 5.41) is 24.4. The fourth-order valence-electron chi connectivity index (χ4n) is 2.66. The molecular weight excluding hydrogens is 316 g/mol. The Morgan fingerprint density at radius 2 is 0.920 bits per heavy atom. The Morgan fingerprint density at radius 3 is 1.12 bits per heavy atom. The number of carbonyl (C=O) groups is 1. The zero-order valence-corrected chi connectivity index (χ0v) is 16.8. The maximum absolute atomic E-state index is 9.45. The average molecular weight is 361 g/mol. The molecule has 0 aromatic carbocycles. The van der Waals surface area contributed by atoms with Gasteiger partial charge in [0.15, 0.2) is 0 Å². The van der Waals surface area contributed by atoms with Crippen LogP contribution in [0.25, 0.3) is 0 Å². The van der Waals surface area contributed by atoms with E-state index in [2.05, 4.69) is 6.92 Å². The lowest BCUT2D eigenvalue weighted by Crippen LogP contribution is -2.13. The van der Waals surface area contributed by atoms with Crippen LogP contribution in [0.5, 0.6) is 0 Å². The van der Waals surface area contributed by atoms with Gasteiger partial charge in [-0.15, -0.1) is 0 Å². The smallest absolute Gasteiger partial charge is 0.332 e. The summed E-state index contributed by atoms with van der Waals surface area (Å²) in [4.78, 5) is 9.45. The van der Waals surface area contributed by atoms with Crippen LogP contribution < -0.4 is 0 Å². The highest BCUT2D eigenvalue weighted by Gasteiger charge is 2.01. The summed E-state index contributed by atoms with van der Waals surface area (Å²) in [6.07, 6.45) is 20.9.